The van der Waals surface area contributed by atoms with Crippen molar-refractivity contribution in [2.45, 2.75) is 29.8 Å². The lowest BCUT2D eigenvalue weighted by atomic mass is 10.3. The van der Waals surface area contributed by atoms with E-state index < -0.39 is 15.6 Å². The van der Waals surface area contributed by atoms with Gasteiger partial charge in [-0.3, -0.25) is 0 Å². The average Bonchev–Trinajstić information content (AvgIpc) is 3.23. The zero-order valence-electron chi connectivity index (χ0n) is 11.7. The lowest BCUT2D eigenvalue weighted by Gasteiger charge is -2.19. The molecule has 114 valence electrons. The molecule has 0 saturated heterocycles. The van der Waals surface area contributed by atoms with Crippen LogP contribution < -0.4 is 9.64 Å². The smallest absolute Gasteiger partial charge is 0.287 e. The van der Waals surface area contributed by atoms with Gasteiger partial charge in [0.2, 0.25) is 5.88 Å². The molecule has 0 amide bonds. The number of rotatable bonds is 4. The molecule has 2 aliphatic rings. The fraction of sp³-hybridized carbons (Fsp3) is 0.538. The number of fused-ring (bicyclic) bond motifs is 1. The Hall–Kier alpha value is -1.67. The second kappa shape index (κ2) is 4.96. The van der Waals surface area contributed by atoms with Crippen molar-refractivity contribution >= 4 is 22.1 Å². The number of nitrogens with zero attached hydrogens (tertiary/aromatic N) is 3. The van der Waals surface area contributed by atoms with Crippen molar-refractivity contribution in [1.82, 2.24) is 4.98 Å². The van der Waals surface area contributed by atoms with Crippen molar-refractivity contribution in [2.75, 3.05) is 25.1 Å². The van der Waals surface area contributed by atoms with Crippen molar-refractivity contribution in [3.05, 3.63) is 12.1 Å². The minimum absolute atomic E-state index is 0.00170. The van der Waals surface area contributed by atoms with Crippen LogP contribution in [-0.2, 0) is 10.0 Å². The quantitative estimate of drug-likeness (QED) is 0.874. The highest BCUT2D eigenvalue weighted by atomic mass is 32.2. The van der Waals surface area contributed by atoms with Crippen LogP contribution in [0.5, 0.6) is 5.88 Å². The van der Waals surface area contributed by atoms with Crippen molar-refractivity contribution in [2.24, 2.45) is 4.40 Å². The molecule has 0 unspecified atom stereocenters. The lowest BCUT2D eigenvalue weighted by molar-refractivity contribution is 0.238. The van der Waals surface area contributed by atoms with E-state index in [0.717, 1.165) is 12.8 Å². The molecule has 0 bridgehead atoms. The third-order valence-electron chi connectivity index (χ3n) is 3.60. The molecule has 0 atom stereocenters. The van der Waals surface area contributed by atoms with E-state index in [0.29, 0.717) is 18.8 Å². The van der Waals surface area contributed by atoms with Crippen molar-refractivity contribution in [3.63, 3.8) is 0 Å². The van der Waals surface area contributed by atoms with E-state index >= 15 is 0 Å². The fourth-order valence-corrected chi connectivity index (χ4v) is 3.11. The first-order valence-corrected chi connectivity index (χ1v) is 8.23. The Kier molecular flexibility index (Phi) is 3.37. The van der Waals surface area contributed by atoms with Crippen LogP contribution in [0.25, 0.3) is 0 Å². The first kappa shape index (κ1) is 14.3. The number of ether oxygens (including phenoxy) is 1. The maximum absolute atomic E-state index is 12.1. The molecule has 21 heavy (non-hydrogen) atoms. The van der Waals surface area contributed by atoms with Crippen LogP contribution in [0.2, 0.25) is 0 Å². The summed E-state index contributed by atoms with van der Waals surface area (Å²) in [6.45, 7) is 0.716. The Labute approximate surface area is 123 Å². The highest BCUT2D eigenvalue weighted by Crippen LogP contribution is 2.42. The second-order valence-electron chi connectivity index (χ2n) is 5.35. The largest absolute Gasteiger partial charge is 0.464 e. The van der Waals surface area contributed by atoms with Crippen LogP contribution in [0.4, 0.5) is 5.82 Å². The van der Waals surface area contributed by atoms with Crippen molar-refractivity contribution < 1.29 is 18.3 Å². The SMILES string of the molecule is CN(CCCO)c1ccc2c(n1)OC1(C=NS2(=O)=O)CC1. The summed E-state index contributed by atoms with van der Waals surface area (Å²) in [6, 6.07) is 3.10. The molecule has 1 N–H and O–H groups in total. The average molecular weight is 311 g/mol. The minimum atomic E-state index is -3.75. The van der Waals surface area contributed by atoms with Gasteiger partial charge in [-0.1, -0.05) is 0 Å². The molecule has 3 rings (SSSR count). The number of aliphatic hydroxyl groups excluding tert-OH is 1. The van der Waals surface area contributed by atoms with Gasteiger partial charge in [-0.05, 0) is 31.4 Å². The minimum Gasteiger partial charge on any atom is -0.464 e. The molecule has 7 nitrogen and oxygen atoms in total. The highest BCUT2D eigenvalue weighted by Gasteiger charge is 2.47. The summed E-state index contributed by atoms with van der Waals surface area (Å²) < 4.78 is 33.6. The molecule has 1 spiro atoms. The maximum Gasteiger partial charge on any atom is 0.287 e. The molecule has 0 radical (unpaired) electrons. The van der Waals surface area contributed by atoms with Crippen LogP contribution in [0, 0.1) is 0 Å². The molecular weight excluding hydrogens is 294 g/mol. The summed E-state index contributed by atoms with van der Waals surface area (Å²) >= 11 is 0. The van der Waals surface area contributed by atoms with E-state index in [1.54, 1.807) is 6.07 Å². The van der Waals surface area contributed by atoms with E-state index in [1.807, 2.05) is 11.9 Å². The number of pyridine rings is 1. The molecule has 1 aromatic heterocycles. The Morgan fingerprint density at radius 3 is 2.86 bits per heavy atom. The summed E-state index contributed by atoms with van der Waals surface area (Å²) in [7, 11) is -1.91. The topological polar surface area (TPSA) is 92.1 Å². The molecule has 8 heteroatoms. The molecule has 1 aliphatic carbocycles. The van der Waals surface area contributed by atoms with Gasteiger partial charge >= 0.3 is 0 Å². The lowest BCUT2D eigenvalue weighted by Crippen LogP contribution is -2.22. The van der Waals surface area contributed by atoms with Crippen LogP contribution in [0.15, 0.2) is 21.4 Å². The third-order valence-corrected chi connectivity index (χ3v) is 4.85. The number of sulfonamides is 1. The Bertz CT molecular complexity index is 683. The molecule has 1 saturated carbocycles. The Morgan fingerprint density at radius 1 is 1.43 bits per heavy atom. The first-order chi connectivity index (χ1) is 9.96. The molecule has 2 heterocycles. The van der Waals surface area contributed by atoms with Gasteiger partial charge in [0.05, 0.1) is 6.21 Å². The van der Waals surface area contributed by atoms with Gasteiger partial charge in [0.15, 0.2) is 4.90 Å². The molecule has 1 aliphatic heterocycles. The van der Waals surface area contributed by atoms with Gasteiger partial charge < -0.3 is 14.7 Å². The van der Waals surface area contributed by atoms with E-state index in [2.05, 4.69) is 9.38 Å². The fourth-order valence-electron chi connectivity index (χ4n) is 2.12. The number of hydrogen-bond donors (Lipinski definition) is 1. The van der Waals surface area contributed by atoms with Gasteiger partial charge in [0.1, 0.15) is 11.4 Å². The highest BCUT2D eigenvalue weighted by molar-refractivity contribution is 7.90. The zero-order valence-corrected chi connectivity index (χ0v) is 12.5. The van der Waals surface area contributed by atoms with Gasteiger partial charge in [0.25, 0.3) is 10.0 Å². The predicted octanol–water partition coefficient (Wildman–Crippen LogP) is 0.585. The van der Waals surface area contributed by atoms with E-state index in [9.17, 15) is 8.42 Å². The van der Waals surface area contributed by atoms with Crippen LogP contribution >= 0.6 is 0 Å². The summed E-state index contributed by atoms with van der Waals surface area (Å²) in [5, 5.41) is 8.87. The predicted molar refractivity (Wildman–Crippen MR) is 77.5 cm³/mol. The van der Waals surface area contributed by atoms with Gasteiger partial charge in [-0.2, -0.15) is 17.8 Å². The summed E-state index contributed by atoms with van der Waals surface area (Å²) in [5.74, 6) is 0.716. The Balaban J connectivity index is 1.97. The Morgan fingerprint density at radius 2 is 2.19 bits per heavy atom. The molecular formula is C13H17N3O4S. The van der Waals surface area contributed by atoms with Crippen LogP contribution in [0.1, 0.15) is 19.3 Å². The van der Waals surface area contributed by atoms with Gasteiger partial charge in [0, 0.05) is 20.2 Å². The van der Waals surface area contributed by atoms with Crippen LogP contribution in [-0.4, -0.2) is 50.5 Å². The zero-order chi connectivity index (χ0) is 15.1. The number of aromatic nitrogens is 1. The number of hydrogen-bond acceptors (Lipinski definition) is 6. The van der Waals surface area contributed by atoms with Gasteiger partial charge in [-0.15, -0.1) is 0 Å². The van der Waals surface area contributed by atoms with Gasteiger partial charge in [-0.25, -0.2) is 0 Å². The van der Waals surface area contributed by atoms with E-state index in [4.69, 9.17) is 9.84 Å². The normalized spacial score (nSPS) is 20.5. The molecule has 1 fully saturated rings. The summed E-state index contributed by atoms with van der Waals surface area (Å²) in [4.78, 5) is 6.17. The van der Waals surface area contributed by atoms with E-state index in [-0.39, 0.29) is 17.4 Å². The summed E-state index contributed by atoms with van der Waals surface area (Å²) in [5.41, 5.74) is -0.604. The summed E-state index contributed by atoms with van der Waals surface area (Å²) in [6.07, 6.45) is 3.48. The van der Waals surface area contributed by atoms with Crippen molar-refractivity contribution in [3.8, 4) is 5.88 Å². The molecule has 1 aromatic rings. The van der Waals surface area contributed by atoms with Crippen LogP contribution in [0.3, 0.4) is 0 Å². The second-order valence-corrected chi connectivity index (χ2v) is 6.95. The standard InChI is InChI=1S/C13H17N3O4S/c1-16(7-2-8-17)11-4-3-10-12(15-11)20-13(5-6-13)9-14-21(10,18)19/h3-4,9,17H,2,5-8H2,1H3. The molecule has 0 aromatic carbocycles. The van der Waals surface area contributed by atoms with E-state index in [1.165, 1.54) is 12.3 Å². The number of aliphatic hydroxyl groups is 1. The maximum atomic E-state index is 12.1. The third kappa shape index (κ3) is 2.73. The first-order valence-electron chi connectivity index (χ1n) is 6.79. The van der Waals surface area contributed by atoms with Crippen molar-refractivity contribution in [1.29, 1.82) is 0 Å². The monoisotopic (exact) mass is 311 g/mol. The number of anilines is 1.